The van der Waals surface area contributed by atoms with Gasteiger partial charge in [0.25, 0.3) is 0 Å². The van der Waals surface area contributed by atoms with Crippen LogP contribution in [0.15, 0.2) is 12.1 Å². The fraction of sp³-hybridized carbons (Fsp3) is 0.364. The summed E-state index contributed by atoms with van der Waals surface area (Å²) in [7, 11) is 0. The van der Waals surface area contributed by atoms with Crippen molar-refractivity contribution in [3.05, 3.63) is 34.4 Å². The second-order valence-electron chi connectivity index (χ2n) is 3.53. The van der Waals surface area contributed by atoms with E-state index in [-0.39, 0.29) is 0 Å². The Labute approximate surface area is 72.4 Å². The van der Waals surface area contributed by atoms with Crippen LogP contribution in [0.25, 0.3) is 0 Å². The Hall–Kier alpha value is -1.11. The molecule has 0 spiro atoms. The molecule has 0 aliphatic heterocycles. The molecule has 0 N–H and O–H groups in total. The van der Waals surface area contributed by atoms with Gasteiger partial charge in [0.1, 0.15) is 0 Å². The summed E-state index contributed by atoms with van der Waals surface area (Å²) >= 11 is 0. The fourth-order valence-corrected chi connectivity index (χ4v) is 1.95. The number of hydrogen-bond donors (Lipinski definition) is 0. The van der Waals surface area contributed by atoms with E-state index in [0.29, 0.717) is 12.2 Å². The molecule has 1 aliphatic rings. The number of benzene rings is 1. The topological polar surface area (TPSA) is 17.1 Å². The van der Waals surface area contributed by atoms with E-state index in [1.54, 1.807) is 0 Å². The Morgan fingerprint density at radius 1 is 1.17 bits per heavy atom. The summed E-state index contributed by atoms with van der Waals surface area (Å²) in [6, 6.07) is 4.16. The zero-order valence-electron chi connectivity index (χ0n) is 7.48. The maximum atomic E-state index is 11.4. The van der Waals surface area contributed by atoms with Crippen LogP contribution in [0.5, 0.6) is 0 Å². The van der Waals surface area contributed by atoms with E-state index >= 15 is 0 Å². The molecule has 0 fully saturated rings. The number of aryl methyl sites for hydroxylation is 2. The maximum Gasteiger partial charge on any atom is 0.163 e. The van der Waals surface area contributed by atoms with E-state index in [9.17, 15) is 4.79 Å². The van der Waals surface area contributed by atoms with E-state index in [1.165, 1.54) is 16.7 Å². The minimum Gasteiger partial charge on any atom is -0.294 e. The molecule has 0 bridgehead atoms. The fourth-order valence-electron chi connectivity index (χ4n) is 1.95. The number of hydrogen-bond acceptors (Lipinski definition) is 1. The minimum atomic E-state index is 0.316. The molecule has 1 heteroatoms. The summed E-state index contributed by atoms with van der Waals surface area (Å²) in [5, 5.41) is 0. The number of ketones is 1. The number of Topliss-reactive ketones (excluding diaryl/α,β-unsaturated/α-hetero) is 1. The van der Waals surface area contributed by atoms with Gasteiger partial charge < -0.3 is 0 Å². The Kier molecular flexibility index (Phi) is 1.53. The molecule has 0 saturated heterocycles. The second-order valence-corrected chi connectivity index (χ2v) is 3.53. The summed E-state index contributed by atoms with van der Waals surface area (Å²) in [5.41, 5.74) is 4.70. The number of carbonyl (C=O) groups excluding carboxylic acids is 1. The second kappa shape index (κ2) is 2.44. The lowest BCUT2D eigenvalue weighted by molar-refractivity contribution is 0.0994. The molecule has 1 aliphatic carbocycles. The summed E-state index contributed by atoms with van der Waals surface area (Å²) in [4.78, 5) is 11.4. The summed E-state index contributed by atoms with van der Waals surface area (Å²) < 4.78 is 0. The van der Waals surface area contributed by atoms with Crippen molar-refractivity contribution < 1.29 is 4.79 Å². The average molecular weight is 160 g/mol. The lowest BCUT2D eigenvalue weighted by Crippen LogP contribution is -1.93. The van der Waals surface area contributed by atoms with Crippen LogP contribution in [0.3, 0.4) is 0 Å². The van der Waals surface area contributed by atoms with Crippen molar-refractivity contribution in [1.29, 1.82) is 0 Å². The number of fused-ring (bicyclic) bond motifs is 1. The standard InChI is InChI=1S/C11H12O/c1-7-5-8(2)9-3-4-11(12)10(9)6-7/h5-6H,3-4H2,1-2H3. The van der Waals surface area contributed by atoms with Crippen molar-refractivity contribution in [3.63, 3.8) is 0 Å². The highest BCUT2D eigenvalue weighted by molar-refractivity contribution is 6.00. The third-order valence-electron chi connectivity index (χ3n) is 2.52. The molecule has 0 aromatic heterocycles. The molecule has 1 aromatic rings. The van der Waals surface area contributed by atoms with Gasteiger partial charge in [0, 0.05) is 12.0 Å². The van der Waals surface area contributed by atoms with Crippen molar-refractivity contribution >= 4 is 5.78 Å². The molecular formula is C11H12O. The normalized spacial score (nSPS) is 15.0. The molecule has 0 atom stereocenters. The maximum absolute atomic E-state index is 11.4. The third-order valence-corrected chi connectivity index (χ3v) is 2.52. The first kappa shape index (κ1) is 7.53. The first-order valence-electron chi connectivity index (χ1n) is 4.32. The lowest BCUT2D eigenvalue weighted by Gasteiger charge is -2.03. The van der Waals surface area contributed by atoms with E-state index in [4.69, 9.17) is 0 Å². The van der Waals surface area contributed by atoms with Crippen LogP contribution in [0.4, 0.5) is 0 Å². The quantitative estimate of drug-likeness (QED) is 0.569. The Bertz CT molecular complexity index is 350. The van der Waals surface area contributed by atoms with Gasteiger partial charge in [0.05, 0.1) is 0 Å². The molecule has 2 rings (SSSR count). The van der Waals surface area contributed by atoms with E-state index in [1.807, 2.05) is 13.0 Å². The van der Waals surface area contributed by atoms with Crippen LogP contribution in [-0.2, 0) is 6.42 Å². The summed E-state index contributed by atoms with van der Waals surface area (Å²) in [5.74, 6) is 0.316. The minimum absolute atomic E-state index is 0.316. The van der Waals surface area contributed by atoms with Crippen molar-refractivity contribution in [2.75, 3.05) is 0 Å². The lowest BCUT2D eigenvalue weighted by atomic mass is 10.0. The predicted molar refractivity (Wildman–Crippen MR) is 48.6 cm³/mol. The zero-order valence-corrected chi connectivity index (χ0v) is 7.48. The van der Waals surface area contributed by atoms with Crippen LogP contribution in [0, 0.1) is 13.8 Å². The Morgan fingerprint density at radius 2 is 1.92 bits per heavy atom. The van der Waals surface area contributed by atoms with Crippen molar-refractivity contribution in [3.8, 4) is 0 Å². The predicted octanol–water partition coefficient (Wildman–Crippen LogP) is 2.43. The number of rotatable bonds is 0. The Morgan fingerprint density at radius 3 is 2.67 bits per heavy atom. The van der Waals surface area contributed by atoms with Gasteiger partial charge in [-0.3, -0.25) is 4.79 Å². The highest BCUT2D eigenvalue weighted by Crippen LogP contribution is 2.26. The van der Waals surface area contributed by atoms with Gasteiger partial charge in [-0.1, -0.05) is 11.6 Å². The average Bonchev–Trinajstić information content (AvgIpc) is 2.33. The van der Waals surface area contributed by atoms with Crippen LogP contribution in [-0.4, -0.2) is 5.78 Å². The van der Waals surface area contributed by atoms with Gasteiger partial charge in [-0.05, 0) is 37.5 Å². The van der Waals surface area contributed by atoms with E-state index < -0.39 is 0 Å². The van der Waals surface area contributed by atoms with Crippen LogP contribution >= 0.6 is 0 Å². The SMILES string of the molecule is Cc1cc(C)c2c(c1)C(=O)CC2. The van der Waals surface area contributed by atoms with Crippen molar-refractivity contribution in [2.45, 2.75) is 26.7 Å². The molecule has 12 heavy (non-hydrogen) atoms. The van der Waals surface area contributed by atoms with Crippen LogP contribution < -0.4 is 0 Å². The molecule has 0 unspecified atom stereocenters. The van der Waals surface area contributed by atoms with Crippen molar-refractivity contribution in [2.24, 2.45) is 0 Å². The molecule has 0 amide bonds. The largest absolute Gasteiger partial charge is 0.294 e. The smallest absolute Gasteiger partial charge is 0.163 e. The first-order chi connectivity index (χ1) is 5.68. The van der Waals surface area contributed by atoms with Crippen LogP contribution in [0.1, 0.15) is 33.5 Å². The molecule has 0 heterocycles. The third kappa shape index (κ3) is 0.970. The highest BCUT2D eigenvalue weighted by atomic mass is 16.1. The van der Waals surface area contributed by atoms with Gasteiger partial charge in [-0.25, -0.2) is 0 Å². The molecule has 1 nitrogen and oxygen atoms in total. The molecular weight excluding hydrogens is 148 g/mol. The van der Waals surface area contributed by atoms with Gasteiger partial charge in [-0.2, -0.15) is 0 Å². The molecule has 1 aromatic carbocycles. The Balaban J connectivity index is 2.68. The molecule has 62 valence electrons. The first-order valence-corrected chi connectivity index (χ1v) is 4.32. The van der Waals surface area contributed by atoms with Crippen LogP contribution in [0.2, 0.25) is 0 Å². The number of carbonyl (C=O) groups is 1. The highest BCUT2D eigenvalue weighted by Gasteiger charge is 2.20. The molecule has 0 radical (unpaired) electrons. The van der Waals surface area contributed by atoms with E-state index in [2.05, 4.69) is 13.0 Å². The van der Waals surface area contributed by atoms with Gasteiger partial charge in [0.15, 0.2) is 5.78 Å². The monoisotopic (exact) mass is 160 g/mol. The van der Waals surface area contributed by atoms with Crippen molar-refractivity contribution in [1.82, 2.24) is 0 Å². The van der Waals surface area contributed by atoms with Gasteiger partial charge >= 0.3 is 0 Å². The van der Waals surface area contributed by atoms with E-state index in [0.717, 1.165) is 12.0 Å². The van der Waals surface area contributed by atoms with Gasteiger partial charge in [-0.15, -0.1) is 0 Å². The molecule has 0 saturated carbocycles. The van der Waals surface area contributed by atoms with Gasteiger partial charge in [0.2, 0.25) is 0 Å². The summed E-state index contributed by atoms with van der Waals surface area (Å²) in [6.45, 7) is 4.13. The zero-order chi connectivity index (χ0) is 8.72. The summed E-state index contributed by atoms with van der Waals surface area (Å²) in [6.07, 6.45) is 1.65.